The van der Waals surface area contributed by atoms with Crippen molar-refractivity contribution >= 4 is 0 Å². The van der Waals surface area contributed by atoms with E-state index in [-0.39, 0.29) is 24.7 Å². The van der Waals surface area contributed by atoms with Gasteiger partial charge in [0.05, 0.1) is 18.9 Å². The molecule has 1 aliphatic rings. The van der Waals surface area contributed by atoms with Gasteiger partial charge < -0.3 is 15.3 Å². The summed E-state index contributed by atoms with van der Waals surface area (Å²) in [6, 6.07) is 4.09. The SMILES string of the molecule is CC(N)C(c1ccco1)N1CCC(C)C1CO. The van der Waals surface area contributed by atoms with Crippen LogP contribution in [0.2, 0.25) is 0 Å². The Morgan fingerprint density at radius 3 is 2.94 bits per heavy atom. The average Bonchev–Trinajstić information content (AvgIpc) is 2.89. The van der Waals surface area contributed by atoms with Gasteiger partial charge >= 0.3 is 0 Å². The summed E-state index contributed by atoms with van der Waals surface area (Å²) in [4.78, 5) is 2.29. The second-order valence-corrected chi connectivity index (χ2v) is 5.07. The van der Waals surface area contributed by atoms with Gasteiger partial charge in [-0.2, -0.15) is 0 Å². The molecule has 1 aliphatic heterocycles. The van der Waals surface area contributed by atoms with Crippen LogP contribution in [0.5, 0.6) is 0 Å². The summed E-state index contributed by atoms with van der Waals surface area (Å²) in [5, 5.41) is 9.52. The smallest absolute Gasteiger partial charge is 0.122 e. The largest absolute Gasteiger partial charge is 0.468 e. The van der Waals surface area contributed by atoms with Crippen molar-refractivity contribution < 1.29 is 9.52 Å². The topological polar surface area (TPSA) is 62.6 Å². The molecule has 0 radical (unpaired) electrons. The van der Waals surface area contributed by atoms with Crippen LogP contribution in [0.1, 0.15) is 32.1 Å². The third-order valence-electron chi connectivity index (χ3n) is 3.80. The molecule has 1 aromatic rings. The molecule has 1 saturated heterocycles. The summed E-state index contributed by atoms with van der Waals surface area (Å²) in [6.07, 6.45) is 2.79. The molecule has 4 nitrogen and oxygen atoms in total. The summed E-state index contributed by atoms with van der Waals surface area (Å²) >= 11 is 0. The lowest BCUT2D eigenvalue weighted by Crippen LogP contribution is -2.44. The number of rotatable bonds is 4. The van der Waals surface area contributed by atoms with Crippen LogP contribution in [0.3, 0.4) is 0 Å². The summed E-state index contributed by atoms with van der Waals surface area (Å²) in [5.41, 5.74) is 6.09. The Balaban J connectivity index is 2.22. The van der Waals surface area contributed by atoms with Crippen LogP contribution in [-0.4, -0.2) is 35.2 Å². The second-order valence-electron chi connectivity index (χ2n) is 5.07. The molecule has 1 aromatic heterocycles. The maximum absolute atomic E-state index is 9.52. The Morgan fingerprint density at radius 2 is 2.41 bits per heavy atom. The number of aliphatic hydroxyl groups is 1. The van der Waals surface area contributed by atoms with Gasteiger partial charge in [0.25, 0.3) is 0 Å². The monoisotopic (exact) mass is 238 g/mol. The van der Waals surface area contributed by atoms with Crippen molar-refractivity contribution in [1.82, 2.24) is 4.90 Å². The van der Waals surface area contributed by atoms with E-state index in [2.05, 4.69) is 11.8 Å². The molecule has 0 saturated carbocycles. The fourth-order valence-electron chi connectivity index (χ4n) is 2.85. The molecule has 4 unspecified atom stereocenters. The molecule has 0 aromatic carbocycles. The average molecular weight is 238 g/mol. The summed E-state index contributed by atoms with van der Waals surface area (Å²) < 4.78 is 5.49. The summed E-state index contributed by atoms with van der Waals surface area (Å²) in [5.74, 6) is 1.41. The van der Waals surface area contributed by atoms with Crippen molar-refractivity contribution in [2.75, 3.05) is 13.2 Å². The molecule has 0 aliphatic carbocycles. The highest BCUT2D eigenvalue weighted by Gasteiger charge is 2.38. The maximum Gasteiger partial charge on any atom is 0.122 e. The van der Waals surface area contributed by atoms with Crippen LogP contribution < -0.4 is 5.73 Å². The molecule has 4 heteroatoms. The number of nitrogens with zero attached hydrogens (tertiary/aromatic N) is 1. The number of nitrogens with two attached hydrogens (primary N) is 1. The van der Waals surface area contributed by atoms with E-state index in [1.54, 1.807) is 6.26 Å². The molecule has 0 spiro atoms. The third-order valence-corrected chi connectivity index (χ3v) is 3.80. The Labute approximate surface area is 102 Å². The van der Waals surface area contributed by atoms with Crippen molar-refractivity contribution in [3.63, 3.8) is 0 Å². The zero-order chi connectivity index (χ0) is 12.4. The molecular weight excluding hydrogens is 216 g/mol. The number of aliphatic hydroxyl groups excluding tert-OH is 1. The first-order valence-corrected chi connectivity index (χ1v) is 6.30. The lowest BCUT2D eigenvalue weighted by molar-refractivity contribution is 0.0825. The minimum atomic E-state index is -0.0134. The first-order valence-electron chi connectivity index (χ1n) is 6.30. The van der Waals surface area contributed by atoms with E-state index in [0.717, 1.165) is 18.7 Å². The predicted molar refractivity (Wildman–Crippen MR) is 66.5 cm³/mol. The fourth-order valence-corrected chi connectivity index (χ4v) is 2.85. The van der Waals surface area contributed by atoms with Gasteiger partial charge in [-0.3, -0.25) is 4.90 Å². The molecule has 4 atom stereocenters. The zero-order valence-corrected chi connectivity index (χ0v) is 10.5. The Morgan fingerprint density at radius 1 is 1.65 bits per heavy atom. The highest BCUT2D eigenvalue weighted by molar-refractivity contribution is 5.09. The molecule has 0 bridgehead atoms. The van der Waals surface area contributed by atoms with Gasteiger partial charge in [-0.05, 0) is 37.9 Å². The Hall–Kier alpha value is -0.840. The molecule has 3 N–H and O–H groups in total. The summed E-state index contributed by atoms with van der Waals surface area (Å²) in [6.45, 7) is 5.33. The van der Waals surface area contributed by atoms with E-state index < -0.39 is 0 Å². The highest BCUT2D eigenvalue weighted by Crippen LogP contribution is 2.34. The second kappa shape index (κ2) is 5.21. The summed E-state index contributed by atoms with van der Waals surface area (Å²) in [7, 11) is 0. The van der Waals surface area contributed by atoms with E-state index in [0.29, 0.717) is 5.92 Å². The maximum atomic E-state index is 9.52. The first-order chi connectivity index (χ1) is 8.15. The van der Waals surface area contributed by atoms with Gasteiger partial charge in [0.15, 0.2) is 0 Å². The van der Waals surface area contributed by atoms with Crippen LogP contribution in [0, 0.1) is 5.92 Å². The quantitative estimate of drug-likeness (QED) is 0.831. The fraction of sp³-hybridized carbons (Fsp3) is 0.692. The number of hydrogen-bond acceptors (Lipinski definition) is 4. The van der Waals surface area contributed by atoms with E-state index >= 15 is 0 Å². The molecule has 1 fully saturated rings. The Bertz CT molecular complexity index is 337. The minimum absolute atomic E-state index is 0.0134. The van der Waals surface area contributed by atoms with Gasteiger partial charge in [-0.25, -0.2) is 0 Å². The van der Waals surface area contributed by atoms with Gasteiger partial charge in [0, 0.05) is 12.1 Å². The molecule has 2 heterocycles. The van der Waals surface area contributed by atoms with Crippen LogP contribution in [0.15, 0.2) is 22.8 Å². The normalized spacial score (nSPS) is 29.4. The van der Waals surface area contributed by atoms with E-state index in [1.807, 2.05) is 19.1 Å². The Kier molecular flexibility index (Phi) is 3.86. The number of hydrogen-bond donors (Lipinski definition) is 2. The first kappa shape index (κ1) is 12.6. The predicted octanol–water partition coefficient (Wildman–Crippen LogP) is 1.37. The van der Waals surface area contributed by atoms with Crippen LogP contribution >= 0.6 is 0 Å². The van der Waals surface area contributed by atoms with Gasteiger partial charge in [-0.15, -0.1) is 0 Å². The molecular formula is C13H22N2O2. The van der Waals surface area contributed by atoms with Gasteiger partial charge in [0.1, 0.15) is 5.76 Å². The van der Waals surface area contributed by atoms with E-state index in [1.165, 1.54) is 0 Å². The lowest BCUT2D eigenvalue weighted by Gasteiger charge is -2.34. The van der Waals surface area contributed by atoms with E-state index in [9.17, 15) is 5.11 Å². The van der Waals surface area contributed by atoms with Crippen molar-refractivity contribution in [3.8, 4) is 0 Å². The highest BCUT2D eigenvalue weighted by atomic mass is 16.3. The van der Waals surface area contributed by atoms with Crippen LogP contribution in [0.4, 0.5) is 0 Å². The van der Waals surface area contributed by atoms with E-state index in [4.69, 9.17) is 10.2 Å². The van der Waals surface area contributed by atoms with Crippen molar-refractivity contribution in [1.29, 1.82) is 0 Å². The van der Waals surface area contributed by atoms with Crippen molar-refractivity contribution in [2.24, 2.45) is 11.7 Å². The van der Waals surface area contributed by atoms with Crippen molar-refractivity contribution in [2.45, 2.75) is 38.4 Å². The lowest BCUT2D eigenvalue weighted by atomic mass is 10.0. The number of furan rings is 1. The zero-order valence-electron chi connectivity index (χ0n) is 10.5. The van der Waals surface area contributed by atoms with Gasteiger partial charge in [0.2, 0.25) is 0 Å². The van der Waals surface area contributed by atoms with Crippen LogP contribution in [0.25, 0.3) is 0 Å². The van der Waals surface area contributed by atoms with Crippen LogP contribution in [-0.2, 0) is 0 Å². The third kappa shape index (κ3) is 2.39. The molecule has 17 heavy (non-hydrogen) atoms. The molecule has 96 valence electrons. The minimum Gasteiger partial charge on any atom is -0.468 e. The number of likely N-dealkylation sites (tertiary alicyclic amines) is 1. The van der Waals surface area contributed by atoms with Gasteiger partial charge in [-0.1, -0.05) is 6.92 Å². The molecule has 0 amide bonds. The molecule has 2 rings (SSSR count). The van der Waals surface area contributed by atoms with Crippen molar-refractivity contribution in [3.05, 3.63) is 24.2 Å². The standard InChI is InChI=1S/C13H22N2O2/c1-9-5-6-15(11(9)8-16)13(10(2)14)12-4-3-7-17-12/h3-4,7,9-11,13,16H,5-6,8,14H2,1-2H3.